The van der Waals surface area contributed by atoms with Crippen LogP contribution in [-0.4, -0.2) is 39.8 Å². The molecule has 1 heterocycles. The number of aromatic nitrogens is 2. The number of aliphatic hydroxyl groups excluding tert-OH is 1. The van der Waals surface area contributed by atoms with Crippen molar-refractivity contribution in [2.75, 3.05) is 20.2 Å². The Labute approximate surface area is 125 Å². The summed E-state index contributed by atoms with van der Waals surface area (Å²) in [6.45, 7) is 5.24. The average molecular weight is 286 g/mol. The smallest absolute Gasteiger partial charge is 0.128 e. The molecule has 1 aromatic carbocycles. The molecule has 0 radical (unpaired) electrons. The van der Waals surface area contributed by atoms with Gasteiger partial charge in [-0.1, -0.05) is 26.0 Å². The van der Waals surface area contributed by atoms with Crippen LogP contribution in [0.5, 0.6) is 0 Å². The van der Waals surface area contributed by atoms with Crippen LogP contribution in [0.25, 0.3) is 11.0 Å². The molecule has 2 rings (SSSR count). The third kappa shape index (κ3) is 3.07. The fraction of sp³-hybridized carbons (Fsp3) is 0.500. The van der Waals surface area contributed by atoms with Gasteiger partial charge in [-0.25, -0.2) is 4.98 Å². The van der Waals surface area contributed by atoms with E-state index in [0.717, 1.165) is 16.9 Å². The Bertz CT molecular complexity index is 641. The molecule has 1 aromatic heterocycles. The Balaban J connectivity index is 2.56. The van der Waals surface area contributed by atoms with E-state index in [-0.39, 0.29) is 19.2 Å². The lowest BCUT2D eigenvalue weighted by Gasteiger charge is -2.30. The second-order valence-electron chi connectivity index (χ2n) is 5.60. The highest BCUT2D eigenvalue weighted by Gasteiger charge is 2.26. The van der Waals surface area contributed by atoms with Gasteiger partial charge in [-0.3, -0.25) is 4.90 Å². The minimum Gasteiger partial charge on any atom is -0.395 e. The molecule has 21 heavy (non-hydrogen) atoms. The molecule has 2 aromatic rings. The highest BCUT2D eigenvalue weighted by atomic mass is 16.3. The molecule has 0 spiro atoms. The molecule has 5 heteroatoms. The molecule has 5 nitrogen and oxygen atoms in total. The molecular formula is C16H22N4O. The maximum atomic E-state index is 9.21. The Kier molecular flexibility index (Phi) is 4.94. The number of hydrogen-bond donors (Lipinski definition) is 1. The summed E-state index contributed by atoms with van der Waals surface area (Å²) in [6.07, 6.45) is 0. The molecule has 1 N–H and O–H groups in total. The van der Waals surface area contributed by atoms with E-state index >= 15 is 0 Å². The first-order chi connectivity index (χ1) is 10.1. The summed E-state index contributed by atoms with van der Waals surface area (Å²) in [5.74, 6) is 1.22. The zero-order chi connectivity index (χ0) is 15.4. The van der Waals surface area contributed by atoms with Crippen LogP contribution in [0.2, 0.25) is 0 Å². The van der Waals surface area contributed by atoms with Crippen molar-refractivity contribution in [1.29, 1.82) is 5.26 Å². The predicted molar refractivity (Wildman–Crippen MR) is 82.6 cm³/mol. The zero-order valence-corrected chi connectivity index (χ0v) is 12.8. The Hall–Kier alpha value is -1.90. The van der Waals surface area contributed by atoms with Gasteiger partial charge in [-0.15, -0.1) is 0 Å². The second-order valence-corrected chi connectivity index (χ2v) is 5.60. The molecule has 0 amide bonds. The third-order valence-corrected chi connectivity index (χ3v) is 3.74. The molecule has 0 aliphatic carbocycles. The Morgan fingerprint density at radius 3 is 2.71 bits per heavy atom. The van der Waals surface area contributed by atoms with E-state index in [4.69, 9.17) is 10.2 Å². The third-order valence-electron chi connectivity index (χ3n) is 3.74. The Morgan fingerprint density at radius 1 is 1.38 bits per heavy atom. The number of nitriles is 1. The van der Waals surface area contributed by atoms with Crippen molar-refractivity contribution in [2.24, 2.45) is 5.92 Å². The maximum Gasteiger partial charge on any atom is 0.128 e. The molecule has 112 valence electrons. The number of para-hydroxylation sites is 2. The van der Waals surface area contributed by atoms with E-state index in [2.05, 4.69) is 24.8 Å². The summed E-state index contributed by atoms with van der Waals surface area (Å²) in [6, 6.07) is 10.2. The minimum atomic E-state index is 0.0675. The number of nitrogens with zero attached hydrogens (tertiary/aromatic N) is 4. The minimum absolute atomic E-state index is 0.0675. The molecule has 1 unspecified atom stereocenters. The SMILES string of the molecule is CC(C)C(c1nc2ccccc2n1CC#N)N(C)CCO. The lowest BCUT2D eigenvalue weighted by atomic mass is 10.0. The summed E-state index contributed by atoms with van der Waals surface area (Å²) in [4.78, 5) is 6.84. The monoisotopic (exact) mass is 286 g/mol. The maximum absolute atomic E-state index is 9.21. The predicted octanol–water partition coefficient (Wildman–Crippen LogP) is 2.18. The van der Waals surface area contributed by atoms with Crippen LogP contribution in [-0.2, 0) is 6.54 Å². The fourth-order valence-electron chi connectivity index (χ4n) is 2.86. The summed E-state index contributed by atoms with van der Waals surface area (Å²) < 4.78 is 1.98. The van der Waals surface area contributed by atoms with Gasteiger partial charge in [0.1, 0.15) is 12.4 Å². The van der Waals surface area contributed by atoms with E-state index < -0.39 is 0 Å². The van der Waals surface area contributed by atoms with E-state index in [1.54, 1.807) is 0 Å². The number of benzene rings is 1. The molecular weight excluding hydrogens is 264 g/mol. The van der Waals surface area contributed by atoms with Gasteiger partial charge < -0.3 is 9.67 Å². The van der Waals surface area contributed by atoms with Crippen LogP contribution in [0.1, 0.15) is 25.7 Å². The summed E-state index contributed by atoms with van der Waals surface area (Å²) in [5.41, 5.74) is 1.89. The normalized spacial score (nSPS) is 13.0. The van der Waals surface area contributed by atoms with Gasteiger partial charge in [-0.05, 0) is 25.1 Å². The van der Waals surface area contributed by atoms with Gasteiger partial charge in [0.15, 0.2) is 0 Å². The zero-order valence-electron chi connectivity index (χ0n) is 12.8. The molecule has 0 saturated carbocycles. The van der Waals surface area contributed by atoms with Gasteiger partial charge in [-0.2, -0.15) is 5.26 Å². The number of fused-ring (bicyclic) bond motifs is 1. The number of rotatable bonds is 6. The van der Waals surface area contributed by atoms with Crippen molar-refractivity contribution in [2.45, 2.75) is 26.4 Å². The molecule has 0 fully saturated rings. The van der Waals surface area contributed by atoms with Crippen LogP contribution in [0.3, 0.4) is 0 Å². The van der Waals surface area contributed by atoms with Crippen LogP contribution in [0.15, 0.2) is 24.3 Å². The lowest BCUT2D eigenvalue weighted by Crippen LogP contribution is -2.33. The molecule has 0 saturated heterocycles. The van der Waals surface area contributed by atoms with Gasteiger partial charge >= 0.3 is 0 Å². The van der Waals surface area contributed by atoms with E-state index in [1.807, 2.05) is 35.9 Å². The lowest BCUT2D eigenvalue weighted by molar-refractivity contribution is 0.143. The largest absolute Gasteiger partial charge is 0.395 e. The van der Waals surface area contributed by atoms with E-state index in [1.165, 1.54) is 0 Å². The quantitative estimate of drug-likeness (QED) is 0.884. The fourth-order valence-corrected chi connectivity index (χ4v) is 2.86. The summed E-state index contributed by atoms with van der Waals surface area (Å²) in [7, 11) is 1.98. The second kappa shape index (κ2) is 6.70. The molecule has 0 bridgehead atoms. The van der Waals surface area contributed by atoms with E-state index in [0.29, 0.717) is 12.5 Å². The molecule has 0 aliphatic heterocycles. The van der Waals surface area contributed by atoms with Gasteiger partial charge in [0.2, 0.25) is 0 Å². The van der Waals surface area contributed by atoms with Crippen molar-refractivity contribution in [3.05, 3.63) is 30.1 Å². The van der Waals surface area contributed by atoms with E-state index in [9.17, 15) is 5.11 Å². The number of likely N-dealkylation sites (N-methyl/N-ethyl adjacent to an activating group) is 1. The van der Waals surface area contributed by atoms with Crippen molar-refractivity contribution < 1.29 is 5.11 Å². The van der Waals surface area contributed by atoms with Gasteiger partial charge in [0.25, 0.3) is 0 Å². The van der Waals surface area contributed by atoms with Crippen molar-refractivity contribution in [1.82, 2.24) is 14.5 Å². The van der Waals surface area contributed by atoms with Gasteiger partial charge in [0, 0.05) is 6.54 Å². The summed E-state index contributed by atoms with van der Waals surface area (Å²) in [5, 5.41) is 18.3. The highest BCUT2D eigenvalue weighted by Crippen LogP contribution is 2.29. The van der Waals surface area contributed by atoms with Crippen LogP contribution in [0, 0.1) is 17.2 Å². The summed E-state index contributed by atoms with van der Waals surface area (Å²) >= 11 is 0. The van der Waals surface area contributed by atoms with Crippen LogP contribution in [0.4, 0.5) is 0 Å². The highest BCUT2D eigenvalue weighted by molar-refractivity contribution is 5.76. The topological polar surface area (TPSA) is 65.1 Å². The number of hydrogen-bond acceptors (Lipinski definition) is 4. The van der Waals surface area contributed by atoms with Crippen molar-refractivity contribution >= 4 is 11.0 Å². The standard InChI is InChI=1S/C16H22N4O/c1-12(2)15(19(3)10-11-21)16-18-13-6-4-5-7-14(13)20(16)9-8-17/h4-7,12,15,21H,9-11H2,1-3H3. The van der Waals surface area contributed by atoms with Crippen LogP contribution >= 0.6 is 0 Å². The van der Waals surface area contributed by atoms with Crippen molar-refractivity contribution in [3.8, 4) is 6.07 Å². The molecule has 1 atom stereocenters. The first kappa shape index (κ1) is 15.5. The van der Waals surface area contributed by atoms with Crippen LogP contribution < -0.4 is 0 Å². The molecule has 0 aliphatic rings. The number of imidazole rings is 1. The first-order valence-corrected chi connectivity index (χ1v) is 7.23. The van der Waals surface area contributed by atoms with Gasteiger partial charge in [0.05, 0.1) is 29.8 Å². The van der Waals surface area contributed by atoms with Crippen molar-refractivity contribution in [3.63, 3.8) is 0 Å². The number of aliphatic hydroxyl groups is 1. The Morgan fingerprint density at radius 2 is 2.10 bits per heavy atom. The average Bonchev–Trinajstić information content (AvgIpc) is 2.78. The first-order valence-electron chi connectivity index (χ1n) is 7.23.